The molecule has 0 saturated carbocycles. The smallest absolute Gasteiger partial charge is 0.254 e. The van der Waals surface area contributed by atoms with Crippen molar-refractivity contribution in [1.82, 2.24) is 19.8 Å². The van der Waals surface area contributed by atoms with Crippen molar-refractivity contribution in [2.45, 2.75) is 25.7 Å². The molecule has 2 saturated heterocycles. The molecule has 8 heteroatoms. The quantitative estimate of drug-likeness (QED) is 0.667. The number of amides is 2. The van der Waals surface area contributed by atoms with Crippen LogP contribution in [0.15, 0.2) is 42.7 Å². The molecule has 4 rings (SSSR count). The van der Waals surface area contributed by atoms with Crippen LogP contribution in [0.2, 0.25) is 5.15 Å². The Morgan fingerprint density at radius 3 is 2.58 bits per heavy atom. The van der Waals surface area contributed by atoms with Crippen LogP contribution < -0.4 is 4.90 Å². The van der Waals surface area contributed by atoms with Crippen LogP contribution in [0.1, 0.15) is 36.0 Å². The highest BCUT2D eigenvalue weighted by Gasteiger charge is 2.27. The zero-order valence-corrected chi connectivity index (χ0v) is 18.4. The number of carbonyl (C=O) groups excluding carboxylic acids is 2. The molecule has 1 atom stereocenters. The molecule has 0 aliphatic carbocycles. The first-order valence-electron chi connectivity index (χ1n) is 10.9. The molecule has 7 nitrogen and oxygen atoms in total. The summed E-state index contributed by atoms with van der Waals surface area (Å²) in [6, 6.07) is 9.22. The van der Waals surface area contributed by atoms with E-state index >= 15 is 0 Å². The van der Waals surface area contributed by atoms with Gasteiger partial charge < -0.3 is 14.7 Å². The van der Waals surface area contributed by atoms with Crippen molar-refractivity contribution >= 4 is 29.2 Å². The Bertz CT molecular complexity index is 902. The van der Waals surface area contributed by atoms with E-state index in [4.69, 9.17) is 11.6 Å². The Balaban J connectivity index is 1.23. The second-order valence-electron chi connectivity index (χ2n) is 8.22. The fourth-order valence-corrected chi connectivity index (χ4v) is 4.59. The van der Waals surface area contributed by atoms with Crippen molar-refractivity contribution in [3.63, 3.8) is 0 Å². The van der Waals surface area contributed by atoms with Crippen molar-refractivity contribution in [3.05, 3.63) is 53.4 Å². The van der Waals surface area contributed by atoms with E-state index in [1.807, 2.05) is 28.0 Å². The maximum Gasteiger partial charge on any atom is 0.254 e. The minimum atomic E-state index is -0.00836. The van der Waals surface area contributed by atoms with Gasteiger partial charge in [0.15, 0.2) is 0 Å². The zero-order chi connectivity index (χ0) is 21.6. The van der Waals surface area contributed by atoms with E-state index in [1.165, 1.54) is 0 Å². The molecular weight excluding hydrogens is 414 g/mol. The molecule has 2 fully saturated rings. The van der Waals surface area contributed by atoms with E-state index in [9.17, 15) is 9.59 Å². The van der Waals surface area contributed by atoms with Crippen LogP contribution in [-0.4, -0.2) is 70.9 Å². The van der Waals surface area contributed by atoms with Gasteiger partial charge >= 0.3 is 0 Å². The summed E-state index contributed by atoms with van der Waals surface area (Å²) in [4.78, 5) is 39.9. The van der Waals surface area contributed by atoms with E-state index in [0.29, 0.717) is 29.6 Å². The summed E-state index contributed by atoms with van der Waals surface area (Å²) >= 11 is 5.93. The van der Waals surface area contributed by atoms with Crippen LogP contribution in [0.4, 0.5) is 5.82 Å². The maximum atomic E-state index is 12.8. The van der Waals surface area contributed by atoms with E-state index in [0.717, 1.165) is 57.8 Å². The molecule has 2 aromatic heterocycles. The van der Waals surface area contributed by atoms with Crippen LogP contribution in [0.5, 0.6) is 0 Å². The summed E-state index contributed by atoms with van der Waals surface area (Å²) in [6.45, 7) is 4.52. The first kappa shape index (κ1) is 21.6. The number of rotatable bonds is 5. The third kappa shape index (κ3) is 5.53. The van der Waals surface area contributed by atoms with Gasteiger partial charge in [0.05, 0.1) is 0 Å². The summed E-state index contributed by atoms with van der Waals surface area (Å²) in [6.07, 6.45) is 6.74. The maximum absolute atomic E-state index is 12.8. The van der Waals surface area contributed by atoms with E-state index < -0.39 is 0 Å². The molecule has 2 amide bonds. The average molecular weight is 442 g/mol. The van der Waals surface area contributed by atoms with E-state index in [-0.39, 0.29) is 11.8 Å². The number of likely N-dealkylation sites (tertiary alicyclic amines) is 1. The number of piperidine rings is 1. The van der Waals surface area contributed by atoms with Crippen LogP contribution >= 0.6 is 11.6 Å². The second-order valence-corrected chi connectivity index (χ2v) is 8.61. The highest BCUT2D eigenvalue weighted by Crippen LogP contribution is 2.24. The third-order valence-corrected chi connectivity index (χ3v) is 6.36. The van der Waals surface area contributed by atoms with E-state index in [1.54, 1.807) is 24.5 Å². The normalized spacial score (nSPS) is 19.4. The Hall–Kier alpha value is -2.67. The van der Waals surface area contributed by atoms with Gasteiger partial charge in [-0.3, -0.25) is 9.59 Å². The summed E-state index contributed by atoms with van der Waals surface area (Å²) in [5, 5.41) is 0.327. The molecule has 164 valence electrons. The molecule has 31 heavy (non-hydrogen) atoms. The lowest BCUT2D eigenvalue weighted by atomic mass is 9.92. The van der Waals surface area contributed by atoms with Gasteiger partial charge in [-0.15, -0.1) is 0 Å². The van der Waals surface area contributed by atoms with Crippen LogP contribution in [0.3, 0.4) is 0 Å². The third-order valence-electron chi connectivity index (χ3n) is 6.15. The largest absolute Gasteiger partial charge is 0.353 e. The summed E-state index contributed by atoms with van der Waals surface area (Å²) in [5.41, 5.74) is 0.572. The SMILES string of the molecule is O=C(CC[C@H]1CCCN(C(=O)c2ccnc(Cl)c2)C1)N1CCN(c2ccccn2)CC1. The van der Waals surface area contributed by atoms with Gasteiger partial charge in [0, 0.05) is 63.6 Å². The first-order chi connectivity index (χ1) is 15.1. The predicted octanol–water partition coefficient (Wildman–Crippen LogP) is 3.11. The van der Waals surface area contributed by atoms with Crippen molar-refractivity contribution in [1.29, 1.82) is 0 Å². The zero-order valence-electron chi connectivity index (χ0n) is 17.6. The lowest BCUT2D eigenvalue weighted by Crippen LogP contribution is -2.49. The van der Waals surface area contributed by atoms with E-state index in [2.05, 4.69) is 14.9 Å². The van der Waals surface area contributed by atoms with Crippen LogP contribution in [0, 0.1) is 5.92 Å². The lowest BCUT2D eigenvalue weighted by Gasteiger charge is -2.36. The lowest BCUT2D eigenvalue weighted by molar-refractivity contribution is -0.131. The predicted molar refractivity (Wildman–Crippen MR) is 120 cm³/mol. The Morgan fingerprint density at radius 1 is 1.00 bits per heavy atom. The van der Waals surface area contributed by atoms with Gasteiger partial charge in [-0.25, -0.2) is 9.97 Å². The molecule has 0 aromatic carbocycles. The molecule has 2 aromatic rings. The van der Waals surface area contributed by atoms with Crippen molar-refractivity contribution < 1.29 is 9.59 Å². The fourth-order valence-electron chi connectivity index (χ4n) is 4.41. The summed E-state index contributed by atoms with van der Waals surface area (Å²) in [7, 11) is 0. The average Bonchev–Trinajstić information content (AvgIpc) is 2.83. The van der Waals surface area contributed by atoms with Gasteiger partial charge in [0.2, 0.25) is 5.91 Å². The summed E-state index contributed by atoms with van der Waals surface area (Å²) in [5.74, 6) is 1.53. The van der Waals surface area contributed by atoms with Gasteiger partial charge in [0.25, 0.3) is 5.91 Å². The number of nitrogens with zero attached hydrogens (tertiary/aromatic N) is 5. The van der Waals surface area contributed by atoms with Crippen molar-refractivity contribution in [2.24, 2.45) is 5.92 Å². The summed E-state index contributed by atoms with van der Waals surface area (Å²) < 4.78 is 0. The standard InChI is InChI=1S/C23H28ClN5O2/c24-20-16-19(8-10-25-20)23(31)29-11-3-4-18(17-29)6-7-22(30)28-14-12-27(13-15-28)21-5-1-2-9-26-21/h1-2,5,8-10,16,18H,3-4,6-7,11-15,17H2/t18-/m1/s1. The Labute approximate surface area is 188 Å². The van der Waals surface area contributed by atoms with Crippen LogP contribution in [0.25, 0.3) is 0 Å². The van der Waals surface area contributed by atoms with Crippen molar-refractivity contribution in [2.75, 3.05) is 44.2 Å². The molecular formula is C23H28ClN5O2. The highest BCUT2D eigenvalue weighted by atomic mass is 35.5. The number of anilines is 1. The molecule has 0 spiro atoms. The molecule has 0 N–H and O–H groups in total. The fraction of sp³-hybridized carbons (Fsp3) is 0.478. The molecule has 0 bridgehead atoms. The minimum absolute atomic E-state index is 0.00836. The molecule has 0 unspecified atom stereocenters. The Morgan fingerprint density at radius 2 is 1.84 bits per heavy atom. The number of piperazine rings is 1. The molecule has 4 heterocycles. The first-order valence-corrected chi connectivity index (χ1v) is 11.3. The highest BCUT2D eigenvalue weighted by molar-refractivity contribution is 6.29. The van der Waals surface area contributed by atoms with Crippen LogP contribution in [-0.2, 0) is 4.79 Å². The second kappa shape index (κ2) is 10.1. The number of hydrogen-bond donors (Lipinski definition) is 0. The molecule has 0 radical (unpaired) electrons. The molecule has 2 aliphatic rings. The van der Waals surface area contributed by atoms with Gasteiger partial charge in [-0.1, -0.05) is 17.7 Å². The number of aromatic nitrogens is 2. The number of halogens is 1. The topological polar surface area (TPSA) is 69.6 Å². The number of pyridine rings is 2. The molecule has 2 aliphatic heterocycles. The van der Waals surface area contributed by atoms with Gasteiger partial charge in [-0.2, -0.15) is 0 Å². The number of hydrogen-bond acceptors (Lipinski definition) is 5. The Kier molecular flexibility index (Phi) is 7.02. The van der Waals surface area contributed by atoms with Gasteiger partial charge in [0.1, 0.15) is 11.0 Å². The monoisotopic (exact) mass is 441 g/mol. The van der Waals surface area contributed by atoms with Crippen molar-refractivity contribution in [3.8, 4) is 0 Å². The minimum Gasteiger partial charge on any atom is -0.353 e. The number of carbonyl (C=O) groups is 2. The van der Waals surface area contributed by atoms with Gasteiger partial charge in [-0.05, 0) is 49.4 Å².